The molecule has 102 valence electrons. The highest BCUT2D eigenvalue weighted by Crippen LogP contribution is 2.24. The maximum Gasteiger partial charge on any atom is 0.255 e. The summed E-state index contributed by atoms with van der Waals surface area (Å²) in [5.74, 6) is -0.125. The zero-order valence-corrected chi connectivity index (χ0v) is 11.3. The summed E-state index contributed by atoms with van der Waals surface area (Å²) < 4.78 is 0. The summed E-state index contributed by atoms with van der Waals surface area (Å²) >= 11 is 0. The molecule has 20 heavy (non-hydrogen) atoms. The van der Waals surface area contributed by atoms with Gasteiger partial charge in [0.05, 0.1) is 0 Å². The largest absolute Gasteiger partial charge is 0.508 e. The molecule has 1 aliphatic rings. The second-order valence-corrected chi connectivity index (χ2v) is 5.16. The van der Waals surface area contributed by atoms with Crippen LogP contribution in [0, 0.1) is 0 Å². The van der Waals surface area contributed by atoms with E-state index in [-0.39, 0.29) is 11.7 Å². The third-order valence-corrected chi connectivity index (χ3v) is 3.45. The first-order chi connectivity index (χ1) is 9.61. The Hall–Kier alpha value is -2.33. The molecule has 0 radical (unpaired) electrons. The average molecular weight is 268 g/mol. The van der Waals surface area contributed by atoms with E-state index in [1.54, 1.807) is 18.2 Å². The molecule has 2 aromatic carbocycles. The summed E-state index contributed by atoms with van der Waals surface area (Å²) in [7, 11) is 2.07. The summed E-state index contributed by atoms with van der Waals surface area (Å²) in [5.41, 5.74) is 3.79. The van der Waals surface area contributed by atoms with E-state index in [0.717, 1.165) is 18.8 Å². The summed E-state index contributed by atoms with van der Waals surface area (Å²) in [5, 5.41) is 12.3. The fraction of sp³-hybridized carbons (Fsp3) is 0.188. The van der Waals surface area contributed by atoms with Crippen LogP contribution in [0.1, 0.15) is 21.5 Å². The zero-order chi connectivity index (χ0) is 14.1. The van der Waals surface area contributed by atoms with Crippen molar-refractivity contribution in [3.63, 3.8) is 0 Å². The van der Waals surface area contributed by atoms with Gasteiger partial charge in [0.15, 0.2) is 0 Å². The third-order valence-electron chi connectivity index (χ3n) is 3.45. The number of fused-ring (bicyclic) bond motifs is 1. The van der Waals surface area contributed by atoms with E-state index in [1.807, 2.05) is 12.1 Å². The second-order valence-electron chi connectivity index (χ2n) is 5.16. The van der Waals surface area contributed by atoms with Gasteiger partial charge < -0.3 is 10.4 Å². The molecule has 4 nitrogen and oxygen atoms in total. The number of phenols is 1. The molecule has 0 bridgehead atoms. The minimum atomic E-state index is -0.216. The van der Waals surface area contributed by atoms with Crippen LogP contribution >= 0.6 is 0 Å². The van der Waals surface area contributed by atoms with E-state index in [4.69, 9.17) is 0 Å². The van der Waals surface area contributed by atoms with Crippen molar-refractivity contribution in [2.45, 2.75) is 13.1 Å². The average Bonchev–Trinajstić information content (AvgIpc) is 2.78. The number of amides is 1. The van der Waals surface area contributed by atoms with E-state index in [0.29, 0.717) is 5.56 Å². The van der Waals surface area contributed by atoms with Crippen LogP contribution < -0.4 is 5.32 Å². The van der Waals surface area contributed by atoms with Crippen LogP contribution in [0.3, 0.4) is 0 Å². The number of benzene rings is 2. The maximum absolute atomic E-state index is 12.1. The Morgan fingerprint density at radius 2 is 1.95 bits per heavy atom. The molecule has 3 rings (SSSR count). The molecule has 1 heterocycles. The van der Waals surface area contributed by atoms with Gasteiger partial charge >= 0.3 is 0 Å². The van der Waals surface area contributed by atoms with E-state index >= 15 is 0 Å². The number of hydrogen-bond donors (Lipinski definition) is 2. The molecule has 1 aliphatic heterocycles. The van der Waals surface area contributed by atoms with Crippen molar-refractivity contribution < 1.29 is 9.90 Å². The number of carbonyl (C=O) groups excluding carboxylic acids is 1. The number of rotatable bonds is 2. The quantitative estimate of drug-likeness (QED) is 0.880. The van der Waals surface area contributed by atoms with Gasteiger partial charge in [-0.25, -0.2) is 0 Å². The molecule has 0 unspecified atom stereocenters. The van der Waals surface area contributed by atoms with Crippen LogP contribution in [0.4, 0.5) is 5.69 Å². The fourth-order valence-electron chi connectivity index (χ4n) is 2.49. The van der Waals surface area contributed by atoms with Crippen molar-refractivity contribution in [3.05, 3.63) is 59.2 Å². The van der Waals surface area contributed by atoms with Crippen molar-refractivity contribution in [2.75, 3.05) is 12.4 Å². The number of anilines is 1. The molecule has 0 saturated carbocycles. The van der Waals surface area contributed by atoms with Crippen molar-refractivity contribution >= 4 is 11.6 Å². The molecule has 0 fully saturated rings. The Balaban J connectivity index is 1.79. The highest BCUT2D eigenvalue weighted by molar-refractivity contribution is 6.04. The van der Waals surface area contributed by atoms with Gasteiger partial charge in [0.2, 0.25) is 0 Å². The van der Waals surface area contributed by atoms with Crippen molar-refractivity contribution in [1.82, 2.24) is 4.90 Å². The molecule has 0 spiro atoms. The third kappa shape index (κ3) is 2.51. The van der Waals surface area contributed by atoms with Crippen LogP contribution in [0.15, 0.2) is 42.5 Å². The zero-order valence-electron chi connectivity index (χ0n) is 11.3. The van der Waals surface area contributed by atoms with Crippen LogP contribution in [-0.2, 0) is 13.1 Å². The lowest BCUT2D eigenvalue weighted by Gasteiger charge is -2.07. The number of phenolic OH excluding ortho intramolecular Hbond substituents is 1. The number of carbonyl (C=O) groups is 1. The first-order valence-corrected chi connectivity index (χ1v) is 6.52. The molecule has 0 aliphatic carbocycles. The van der Waals surface area contributed by atoms with Gasteiger partial charge in [-0.2, -0.15) is 0 Å². The lowest BCUT2D eigenvalue weighted by molar-refractivity contribution is 0.102. The predicted molar refractivity (Wildman–Crippen MR) is 77.7 cm³/mol. The maximum atomic E-state index is 12.1. The standard InChI is InChI=1S/C16H16N2O2/c1-18-9-12-5-6-14(7-13(12)10-18)17-16(20)11-3-2-4-15(19)8-11/h2-8,19H,9-10H2,1H3,(H,17,20). The molecular weight excluding hydrogens is 252 g/mol. The summed E-state index contributed by atoms with van der Waals surface area (Å²) in [6.45, 7) is 1.86. The van der Waals surface area contributed by atoms with Gasteiger partial charge in [-0.15, -0.1) is 0 Å². The number of hydrogen-bond acceptors (Lipinski definition) is 3. The van der Waals surface area contributed by atoms with Gasteiger partial charge in [-0.3, -0.25) is 9.69 Å². The summed E-state index contributed by atoms with van der Waals surface area (Å²) in [4.78, 5) is 14.3. The Kier molecular flexibility index (Phi) is 3.16. The van der Waals surface area contributed by atoms with E-state index < -0.39 is 0 Å². The first-order valence-electron chi connectivity index (χ1n) is 6.52. The van der Waals surface area contributed by atoms with Crippen LogP contribution in [-0.4, -0.2) is 23.0 Å². The number of aromatic hydroxyl groups is 1. The second kappa shape index (κ2) is 4.98. The molecule has 2 N–H and O–H groups in total. The van der Waals surface area contributed by atoms with Crippen LogP contribution in [0.5, 0.6) is 5.75 Å². The van der Waals surface area contributed by atoms with Crippen LogP contribution in [0.2, 0.25) is 0 Å². The number of nitrogens with one attached hydrogen (secondary N) is 1. The van der Waals surface area contributed by atoms with Gasteiger partial charge in [-0.05, 0) is 48.5 Å². The topological polar surface area (TPSA) is 52.6 Å². The van der Waals surface area contributed by atoms with Gasteiger partial charge in [0, 0.05) is 24.3 Å². The Morgan fingerprint density at radius 1 is 1.15 bits per heavy atom. The molecule has 2 aromatic rings. The Bertz CT molecular complexity index is 667. The Morgan fingerprint density at radius 3 is 2.75 bits per heavy atom. The minimum Gasteiger partial charge on any atom is -0.508 e. The van der Waals surface area contributed by atoms with Gasteiger partial charge in [0.25, 0.3) is 5.91 Å². The van der Waals surface area contributed by atoms with Gasteiger partial charge in [0.1, 0.15) is 5.75 Å². The highest BCUT2D eigenvalue weighted by Gasteiger charge is 2.16. The predicted octanol–water partition coefficient (Wildman–Crippen LogP) is 2.59. The smallest absolute Gasteiger partial charge is 0.255 e. The molecule has 0 aromatic heterocycles. The molecule has 0 saturated heterocycles. The van der Waals surface area contributed by atoms with Crippen molar-refractivity contribution in [3.8, 4) is 5.75 Å². The number of nitrogens with zero attached hydrogens (tertiary/aromatic N) is 1. The summed E-state index contributed by atoms with van der Waals surface area (Å²) in [6, 6.07) is 12.3. The molecule has 0 atom stereocenters. The molecule has 4 heteroatoms. The fourth-order valence-corrected chi connectivity index (χ4v) is 2.49. The summed E-state index contributed by atoms with van der Waals surface area (Å²) in [6.07, 6.45) is 0. The molecule has 1 amide bonds. The normalized spacial score (nSPS) is 14.1. The lowest BCUT2D eigenvalue weighted by Crippen LogP contribution is -2.11. The van der Waals surface area contributed by atoms with Crippen molar-refractivity contribution in [1.29, 1.82) is 0 Å². The first kappa shape index (κ1) is 12.7. The van der Waals surface area contributed by atoms with Gasteiger partial charge in [-0.1, -0.05) is 12.1 Å². The highest BCUT2D eigenvalue weighted by atomic mass is 16.3. The minimum absolute atomic E-state index is 0.0910. The van der Waals surface area contributed by atoms with Crippen molar-refractivity contribution in [2.24, 2.45) is 0 Å². The van der Waals surface area contributed by atoms with Crippen LogP contribution in [0.25, 0.3) is 0 Å². The monoisotopic (exact) mass is 268 g/mol. The SMILES string of the molecule is CN1Cc2ccc(NC(=O)c3cccc(O)c3)cc2C1. The molecular formula is C16H16N2O2. The Labute approximate surface area is 117 Å². The van der Waals surface area contributed by atoms with E-state index in [2.05, 4.69) is 23.3 Å². The van der Waals surface area contributed by atoms with E-state index in [1.165, 1.54) is 17.2 Å². The lowest BCUT2D eigenvalue weighted by atomic mass is 10.1. The van der Waals surface area contributed by atoms with E-state index in [9.17, 15) is 9.90 Å².